The van der Waals surface area contributed by atoms with Crippen LogP contribution in [0.3, 0.4) is 0 Å². The summed E-state index contributed by atoms with van der Waals surface area (Å²) in [5.74, 6) is 0.731. The van der Waals surface area contributed by atoms with E-state index in [1.165, 1.54) is 0 Å². The lowest BCUT2D eigenvalue weighted by Crippen LogP contribution is -1.97. The van der Waals surface area contributed by atoms with Gasteiger partial charge in [-0.15, -0.1) is 5.10 Å². The Labute approximate surface area is 81.5 Å². The van der Waals surface area contributed by atoms with Gasteiger partial charge in [-0.05, 0) is 35.0 Å². The monoisotopic (exact) mass is 189 g/mol. The van der Waals surface area contributed by atoms with Crippen LogP contribution in [0.1, 0.15) is 5.56 Å². The van der Waals surface area contributed by atoms with Crippen LogP contribution >= 0.6 is 0 Å². The highest BCUT2D eigenvalue weighted by Gasteiger charge is 2.08. The number of nitrogens with zero attached hydrogens (tertiary/aromatic N) is 4. The van der Waals surface area contributed by atoms with Crippen LogP contribution in [0.2, 0.25) is 0 Å². The molecule has 0 aliphatic heterocycles. The summed E-state index contributed by atoms with van der Waals surface area (Å²) in [6, 6.07) is 5.70. The van der Waals surface area contributed by atoms with Crippen molar-refractivity contribution in [3.8, 4) is 11.4 Å². The van der Waals surface area contributed by atoms with Crippen LogP contribution < -0.4 is 5.73 Å². The molecule has 0 atom stereocenters. The van der Waals surface area contributed by atoms with Crippen molar-refractivity contribution in [3.05, 3.63) is 23.8 Å². The second-order valence-electron chi connectivity index (χ2n) is 3.20. The van der Waals surface area contributed by atoms with Crippen molar-refractivity contribution in [2.45, 2.75) is 6.92 Å². The van der Waals surface area contributed by atoms with E-state index in [4.69, 9.17) is 5.73 Å². The van der Waals surface area contributed by atoms with E-state index in [0.29, 0.717) is 5.69 Å². The molecule has 0 saturated carbocycles. The van der Waals surface area contributed by atoms with Gasteiger partial charge in [0, 0.05) is 18.3 Å². The van der Waals surface area contributed by atoms with Crippen LogP contribution in [0.15, 0.2) is 18.2 Å². The fourth-order valence-electron chi connectivity index (χ4n) is 1.34. The molecule has 0 spiro atoms. The van der Waals surface area contributed by atoms with Crippen molar-refractivity contribution < 1.29 is 0 Å². The molecule has 1 aromatic heterocycles. The van der Waals surface area contributed by atoms with Crippen molar-refractivity contribution in [2.75, 3.05) is 5.73 Å². The molecule has 72 valence electrons. The van der Waals surface area contributed by atoms with Crippen LogP contribution in [0.5, 0.6) is 0 Å². The molecule has 0 amide bonds. The first-order valence-electron chi connectivity index (χ1n) is 4.27. The molecule has 1 aromatic carbocycles. The fraction of sp³-hybridized carbons (Fsp3) is 0.222. The maximum Gasteiger partial charge on any atom is 0.182 e. The summed E-state index contributed by atoms with van der Waals surface area (Å²) < 4.78 is 1.63. The quantitative estimate of drug-likeness (QED) is 0.672. The summed E-state index contributed by atoms with van der Waals surface area (Å²) in [7, 11) is 1.80. The number of hydrogen-bond donors (Lipinski definition) is 1. The number of anilines is 1. The van der Waals surface area contributed by atoms with E-state index < -0.39 is 0 Å². The molecule has 0 aliphatic rings. The van der Waals surface area contributed by atoms with Gasteiger partial charge in [0.25, 0.3) is 0 Å². The highest BCUT2D eigenvalue weighted by molar-refractivity contribution is 5.64. The van der Waals surface area contributed by atoms with Gasteiger partial charge in [0.1, 0.15) is 0 Å². The lowest BCUT2D eigenvalue weighted by Gasteiger charge is -2.04. The van der Waals surface area contributed by atoms with E-state index in [-0.39, 0.29) is 0 Å². The number of tetrazole rings is 1. The number of aryl methyl sites for hydroxylation is 2. The van der Waals surface area contributed by atoms with Gasteiger partial charge >= 0.3 is 0 Å². The summed E-state index contributed by atoms with van der Waals surface area (Å²) in [4.78, 5) is 0. The van der Waals surface area contributed by atoms with E-state index >= 15 is 0 Å². The molecule has 0 aliphatic carbocycles. The SMILES string of the molecule is Cc1ccc(N)cc1-c1nnnn1C. The zero-order chi connectivity index (χ0) is 10.1. The second-order valence-corrected chi connectivity index (χ2v) is 3.20. The molecule has 2 aromatic rings. The van der Waals surface area contributed by atoms with E-state index in [0.717, 1.165) is 17.0 Å². The number of nitrogen functional groups attached to an aromatic ring is 1. The Bertz CT molecular complexity index is 460. The van der Waals surface area contributed by atoms with Gasteiger partial charge in [-0.25, -0.2) is 4.68 Å². The summed E-state index contributed by atoms with van der Waals surface area (Å²) in [6.45, 7) is 2.00. The lowest BCUT2D eigenvalue weighted by molar-refractivity contribution is 0.714. The van der Waals surface area contributed by atoms with Gasteiger partial charge in [-0.2, -0.15) is 0 Å². The molecule has 0 bridgehead atoms. The van der Waals surface area contributed by atoms with Gasteiger partial charge < -0.3 is 5.73 Å². The first-order chi connectivity index (χ1) is 6.68. The standard InChI is InChI=1S/C9H11N5/c1-6-3-4-7(10)5-8(6)9-11-12-13-14(9)2/h3-5H,10H2,1-2H3. The summed E-state index contributed by atoms with van der Waals surface area (Å²) in [5, 5.41) is 11.3. The topological polar surface area (TPSA) is 69.6 Å². The molecule has 1 heterocycles. The van der Waals surface area contributed by atoms with E-state index in [1.807, 2.05) is 25.1 Å². The molecule has 2 rings (SSSR count). The van der Waals surface area contributed by atoms with Gasteiger partial charge in [0.15, 0.2) is 5.82 Å². The molecular formula is C9H11N5. The van der Waals surface area contributed by atoms with Crippen LogP contribution in [-0.2, 0) is 7.05 Å². The average molecular weight is 189 g/mol. The largest absolute Gasteiger partial charge is 0.399 e. The zero-order valence-corrected chi connectivity index (χ0v) is 8.10. The van der Waals surface area contributed by atoms with Crippen LogP contribution in [0.25, 0.3) is 11.4 Å². The van der Waals surface area contributed by atoms with E-state index in [9.17, 15) is 0 Å². The maximum absolute atomic E-state index is 5.71. The van der Waals surface area contributed by atoms with Gasteiger partial charge in [0.2, 0.25) is 0 Å². The number of aromatic nitrogens is 4. The maximum atomic E-state index is 5.71. The van der Waals surface area contributed by atoms with Crippen LogP contribution in [0.4, 0.5) is 5.69 Å². The van der Waals surface area contributed by atoms with Crippen LogP contribution in [0, 0.1) is 6.92 Å². The summed E-state index contributed by atoms with van der Waals surface area (Å²) in [6.07, 6.45) is 0. The van der Waals surface area contributed by atoms with Gasteiger partial charge in [-0.3, -0.25) is 0 Å². The molecule has 0 fully saturated rings. The number of benzene rings is 1. The Morgan fingerprint density at radius 2 is 2.14 bits per heavy atom. The third-order valence-corrected chi connectivity index (χ3v) is 2.12. The highest BCUT2D eigenvalue weighted by atomic mass is 15.5. The van der Waals surface area contributed by atoms with Crippen molar-refractivity contribution in [1.82, 2.24) is 20.2 Å². The minimum atomic E-state index is 0.716. The molecule has 0 unspecified atom stereocenters. The molecule has 5 heteroatoms. The molecule has 2 N–H and O–H groups in total. The Morgan fingerprint density at radius 3 is 2.79 bits per heavy atom. The van der Waals surface area contributed by atoms with E-state index in [2.05, 4.69) is 15.5 Å². The molecule has 0 saturated heterocycles. The summed E-state index contributed by atoms with van der Waals surface area (Å²) in [5.41, 5.74) is 8.50. The lowest BCUT2D eigenvalue weighted by atomic mass is 10.1. The van der Waals surface area contributed by atoms with Gasteiger partial charge in [0.05, 0.1) is 0 Å². The Hall–Kier alpha value is -1.91. The number of hydrogen-bond acceptors (Lipinski definition) is 4. The van der Waals surface area contributed by atoms with Crippen molar-refractivity contribution in [2.24, 2.45) is 7.05 Å². The fourth-order valence-corrected chi connectivity index (χ4v) is 1.34. The predicted octanol–water partition coefficient (Wildman–Crippen LogP) is 0.768. The van der Waals surface area contributed by atoms with Crippen LogP contribution in [-0.4, -0.2) is 20.2 Å². The minimum absolute atomic E-state index is 0.716. The third kappa shape index (κ3) is 1.32. The highest BCUT2D eigenvalue weighted by Crippen LogP contribution is 2.22. The number of nitrogens with two attached hydrogens (primary N) is 1. The first kappa shape index (κ1) is 8.68. The molecule has 0 radical (unpaired) electrons. The van der Waals surface area contributed by atoms with Crippen molar-refractivity contribution in [3.63, 3.8) is 0 Å². The van der Waals surface area contributed by atoms with Crippen molar-refractivity contribution in [1.29, 1.82) is 0 Å². The first-order valence-corrected chi connectivity index (χ1v) is 4.27. The Kier molecular flexibility index (Phi) is 1.92. The third-order valence-electron chi connectivity index (χ3n) is 2.12. The Balaban J connectivity index is 2.62. The molecule has 14 heavy (non-hydrogen) atoms. The predicted molar refractivity (Wildman–Crippen MR) is 53.4 cm³/mol. The molecular weight excluding hydrogens is 178 g/mol. The average Bonchev–Trinajstić information content (AvgIpc) is 2.56. The van der Waals surface area contributed by atoms with Crippen molar-refractivity contribution >= 4 is 5.69 Å². The minimum Gasteiger partial charge on any atom is -0.399 e. The zero-order valence-electron chi connectivity index (χ0n) is 8.10. The number of rotatable bonds is 1. The summed E-state index contributed by atoms with van der Waals surface area (Å²) >= 11 is 0. The van der Waals surface area contributed by atoms with Gasteiger partial charge in [-0.1, -0.05) is 6.07 Å². The smallest absolute Gasteiger partial charge is 0.182 e. The Morgan fingerprint density at radius 1 is 1.36 bits per heavy atom. The molecule has 5 nitrogen and oxygen atoms in total. The van der Waals surface area contributed by atoms with E-state index in [1.54, 1.807) is 11.7 Å². The second kappa shape index (κ2) is 3.10. The normalized spacial score (nSPS) is 10.4.